The van der Waals surface area contributed by atoms with Crippen LogP contribution in [-0.2, 0) is 10.0 Å². The SMILES string of the molecule is N#Cc1cccc(S(=O)(=O)NCC(O)c2ccc(Cl)cc2)c1. The van der Waals surface area contributed by atoms with E-state index in [1.165, 1.54) is 24.3 Å². The minimum Gasteiger partial charge on any atom is -0.387 e. The van der Waals surface area contributed by atoms with Crippen LogP contribution in [0.5, 0.6) is 0 Å². The highest BCUT2D eigenvalue weighted by atomic mass is 35.5. The van der Waals surface area contributed by atoms with Gasteiger partial charge in [0, 0.05) is 11.6 Å². The van der Waals surface area contributed by atoms with E-state index in [1.807, 2.05) is 6.07 Å². The predicted octanol–water partition coefficient (Wildman–Crippen LogP) is 2.22. The summed E-state index contributed by atoms with van der Waals surface area (Å²) < 4.78 is 26.6. The van der Waals surface area contributed by atoms with Gasteiger partial charge in [0.15, 0.2) is 0 Å². The highest BCUT2D eigenvalue weighted by Gasteiger charge is 2.17. The fourth-order valence-corrected chi connectivity index (χ4v) is 3.02. The van der Waals surface area contributed by atoms with Gasteiger partial charge in [-0.25, -0.2) is 13.1 Å². The Hall–Kier alpha value is -1.91. The molecule has 1 unspecified atom stereocenters. The van der Waals surface area contributed by atoms with Gasteiger partial charge < -0.3 is 5.11 Å². The van der Waals surface area contributed by atoms with Crippen molar-refractivity contribution >= 4 is 21.6 Å². The fourth-order valence-electron chi connectivity index (χ4n) is 1.81. The molecular formula is C15H13ClN2O3S. The molecule has 114 valence electrons. The average Bonchev–Trinajstić information content (AvgIpc) is 2.53. The number of aliphatic hydroxyl groups excluding tert-OH is 1. The van der Waals surface area contributed by atoms with Crippen LogP contribution in [0.4, 0.5) is 0 Å². The van der Waals surface area contributed by atoms with Crippen molar-refractivity contribution in [1.29, 1.82) is 5.26 Å². The second-order valence-corrected chi connectivity index (χ2v) is 6.76. The summed E-state index contributed by atoms with van der Waals surface area (Å²) in [6, 6.07) is 14.0. The van der Waals surface area contributed by atoms with Gasteiger partial charge in [0.2, 0.25) is 10.0 Å². The Bertz CT molecular complexity index is 798. The highest BCUT2D eigenvalue weighted by molar-refractivity contribution is 7.89. The molecule has 0 radical (unpaired) electrons. The summed E-state index contributed by atoms with van der Waals surface area (Å²) in [6.45, 7) is -0.180. The summed E-state index contributed by atoms with van der Waals surface area (Å²) in [5, 5.41) is 19.3. The van der Waals surface area contributed by atoms with Crippen LogP contribution < -0.4 is 4.72 Å². The number of nitrogens with zero attached hydrogens (tertiary/aromatic N) is 1. The molecule has 2 aromatic rings. The van der Waals surface area contributed by atoms with E-state index in [1.54, 1.807) is 24.3 Å². The van der Waals surface area contributed by atoms with E-state index in [4.69, 9.17) is 16.9 Å². The molecule has 0 amide bonds. The summed E-state index contributed by atoms with van der Waals surface area (Å²) in [4.78, 5) is -0.0187. The van der Waals surface area contributed by atoms with Crippen LogP contribution in [0.1, 0.15) is 17.2 Å². The topological polar surface area (TPSA) is 90.2 Å². The lowest BCUT2D eigenvalue weighted by Gasteiger charge is -2.13. The summed E-state index contributed by atoms with van der Waals surface area (Å²) in [7, 11) is -3.79. The van der Waals surface area contributed by atoms with Crippen molar-refractivity contribution in [3.05, 3.63) is 64.7 Å². The number of hydrogen-bond donors (Lipinski definition) is 2. The Balaban J connectivity index is 2.09. The monoisotopic (exact) mass is 336 g/mol. The fraction of sp³-hybridized carbons (Fsp3) is 0.133. The largest absolute Gasteiger partial charge is 0.387 e. The van der Waals surface area contributed by atoms with Gasteiger partial charge in [-0.2, -0.15) is 5.26 Å². The molecule has 0 fully saturated rings. The summed E-state index contributed by atoms with van der Waals surface area (Å²) in [6.07, 6.45) is -0.994. The maximum atomic E-state index is 12.1. The molecule has 0 aliphatic carbocycles. The first-order valence-electron chi connectivity index (χ1n) is 6.36. The first-order valence-corrected chi connectivity index (χ1v) is 8.22. The van der Waals surface area contributed by atoms with Gasteiger partial charge in [-0.15, -0.1) is 0 Å². The van der Waals surface area contributed by atoms with Gasteiger partial charge in [0.05, 0.1) is 22.6 Å². The van der Waals surface area contributed by atoms with Crippen LogP contribution in [-0.4, -0.2) is 20.1 Å². The van der Waals surface area contributed by atoms with Crippen LogP contribution in [0.25, 0.3) is 0 Å². The smallest absolute Gasteiger partial charge is 0.240 e. The molecule has 0 saturated carbocycles. The summed E-state index contributed by atoms with van der Waals surface area (Å²) in [5.41, 5.74) is 0.805. The van der Waals surface area contributed by atoms with E-state index in [-0.39, 0.29) is 17.0 Å². The predicted molar refractivity (Wildman–Crippen MR) is 82.8 cm³/mol. The van der Waals surface area contributed by atoms with Gasteiger partial charge in [-0.3, -0.25) is 0 Å². The molecule has 0 aliphatic heterocycles. The molecule has 0 spiro atoms. The van der Waals surface area contributed by atoms with Crippen LogP contribution in [0.2, 0.25) is 5.02 Å². The number of aliphatic hydroxyl groups is 1. The zero-order valence-electron chi connectivity index (χ0n) is 11.4. The molecule has 2 rings (SSSR count). The number of nitrogens with one attached hydrogen (secondary N) is 1. The second kappa shape index (κ2) is 6.90. The Morgan fingerprint density at radius 2 is 1.91 bits per heavy atom. The number of benzene rings is 2. The molecule has 2 N–H and O–H groups in total. The lowest BCUT2D eigenvalue weighted by Crippen LogP contribution is -2.28. The number of halogens is 1. The minimum atomic E-state index is -3.79. The van der Waals surface area contributed by atoms with E-state index in [2.05, 4.69) is 4.72 Å². The van der Waals surface area contributed by atoms with E-state index in [0.29, 0.717) is 10.6 Å². The third-order valence-corrected chi connectivity index (χ3v) is 4.67. The average molecular weight is 337 g/mol. The number of hydrogen-bond acceptors (Lipinski definition) is 4. The number of rotatable bonds is 5. The molecule has 0 aromatic heterocycles. The van der Waals surface area contributed by atoms with Crippen molar-refractivity contribution in [3.63, 3.8) is 0 Å². The van der Waals surface area contributed by atoms with Gasteiger partial charge in [-0.05, 0) is 35.9 Å². The maximum Gasteiger partial charge on any atom is 0.240 e. The lowest BCUT2D eigenvalue weighted by molar-refractivity contribution is 0.182. The molecule has 0 heterocycles. The van der Waals surface area contributed by atoms with Crippen molar-refractivity contribution in [2.75, 3.05) is 6.54 Å². The Labute approximate surface area is 133 Å². The number of nitriles is 1. The first-order chi connectivity index (χ1) is 10.4. The quantitative estimate of drug-likeness (QED) is 0.876. The standard InChI is InChI=1S/C15H13ClN2O3S/c16-13-6-4-12(5-7-13)15(19)10-18-22(20,21)14-3-1-2-11(8-14)9-17/h1-8,15,18-19H,10H2. The van der Waals surface area contributed by atoms with Crippen LogP contribution in [0.15, 0.2) is 53.4 Å². The van der Waals surface area contributed by atoms with Crippen molar-refractivity contribution in [3.8, 4) is 6.07 Å². The van der Waals surface area contributed by atoms with E-state index in [9.17, 15) is 13.5 Å². The molecule has 0 aliphatic rings. The van der Waals surface area contributed by atoms with Crippen LogP contribution >= 0.6 is 11.6 Å². The Kier molecular flexibility index (Phi) is 5.16. The molecule has 7 heteroatoms. The lowest BCUT2D eigenvalue weighted by atomic mass is 10.1. The molecule has 22 heavy (non-hydrogen) atoms. The van der Waals surface area contributed by atoms with Gasteiger partial charge >= 0.3 is 0 Å². The Morgan fingerprint density at radius 1 is 1.23 bits per heavy atom. The van der Waals surface area contributed by atoms with Crippen LogP contribution in [0, 0.1) is 11.3 Å². The molecule has 2 aromatic carbocycles. The van der Waals surface area contributed by atoms with Gasteiger partial charge in [0.25, 0.3) is 0 Å². The normalized spacial score (nSPS) is 12.6. The van der Waals surface area contributed by atoms with Gasteiger partial charge in [-0.1, -0.05) is 29.8 Å². The molecule has 5 nitrogen and oxygen atoms in total. The molecular weight excluding hydrogens is 324 g/mol. The maximum absolute atomic E-state index is 12.1. The second-order valence-electron chi connectivity index (χ2n) is 4.56. The van der Waals surface area contributed by atoms with Crippen molar-refractivity contribution in [2.45, 2.75) is 11.0 Å². The van der Waals surface area contributed by atoms with E-state index >= 15 is 0 Å². The molecule has 0 bridgehead atoms. The number of sulfonamides is 1. The van der Waals surface area contributed by atoms with E-state index < -0.39 is 16.1 Å². The third-order valence-electron chi connectivity index (χ3n) is 2.99. The minimum absolute atomic E-state index is 0.0187. The van der Waals surface area contributed by atoms with Crippen molar-refractivity contribution in [2.24, 2.45) is 0 Å². The molecule has 0 saturated heterocycles. The first kappa shape index (κ1) is 16.5. The van der Waals surface area contributed by atoms with Crippen molar-refractivity contribution < 1.29 is 13.5 Å². The summed E-state index contributed by atoms with van der Waals surface area (Å²) in [5.74, 6) is 0. The third kappa shape index (κ3) is 4.06. The van der Waals surface area contributed by atoms with E-state index in [0.717, 1.165) is 0 Å². The van der Waals surface area contributed by atoms with Crippen LogP contribution in [0.3, 0.4) is 0 Å². The Morgan fingerprint density at radius 3 is 2.55 bits per heavy atom. The van der Waals surface area contributed by atoms with Crippen molar-refractivity contribution in [1.82, 2.24) is 4.72 Å². The zero-order chi connectivity index (χ0) is 16.2. The van der Waals surface area contributed by atoms with Gasteiger partial charge in [0.1, 0.15) is 0 Å². The highest BCUT2D eigenvalue weighted by Crippen LogP contribution is 2.17. The summed E-state index contributed by atoms with van der Waals surface area (Å²) >= 11 is 5.76. The molecule has 1 atom stereocenters. The zero-order valence-corrected chi connectivity index (χ0v) is 13.0.